The molecule has 0 aliphatic carbocycles. The molecule has 0 saturated carbocycles. The number of esters is 2. The molecule has 0 bridgehead atoms. The number of carbonyl (C=O) groups is 2. The fourth-order valence-electron chi connectivity index (χ4n) is 1.51. The van der Waals surface area contributed by atoms with Gasteiger partial charge in [-0.1, -0.05) is 30.3 Å². The van der Waals surface area contributed by atoms with Gasteiger partial charge in [0.05, 0.1) is 10.5 Å². The number of ether oxygens (including phenoxy) is 1. The second-order valence-electron chi connectivity index (χ2n) is 3.64. The molecule has 0 saturated heterocycles. The Bertz CT molecular complexity index is 703. The molecule has 1 aromatic rings. The summed E-state index contributed by atoms with van der Waals surface area (Å²) in [6.07, 6.45) is 1.71. The average molecular weight is 302 g/mol. The molecule has 0 atom stereocenters. The van der Waals surface area contributed by atoms with E-state index in [0.717, 1.165) is 6.08 Å². The zero-order valence-corrected chi connectivity index (χ0v) is 13.2. The van der Waals surface area contributed by atoms with E-state index in [1.807, 2.05) is 0 Å². The van der Waals surface area contributed by atoms with Crippen LogP contribution in [0, 0.1) is 0 Å². The molecule has 6 nitrogen and oxygen atoms in total. The summed E-state index contributed by atoms with van der Waals surface area (Å²) in [6.45, 7) is 0. The predicted molar refractivity (Wildman–Crippen MR) is 63.3 cm³/mol. The van der Waals surface area contributed by atoms with Crippen LogP contribution in [0.2, 0.25) is 0 Å². The van der Waals surface area contributed by atoms with Crippen molar-refractivity contribution in [3.05, 3.63) is 52.4 Å². The summed E-state index contributed by atoms with van der Waals surface area (Å²) in [6, 6.07) is 8.07. The van der Waals surface area contributed by atoms with Crippen molar-refractivity contribution in [1.29, 1.82) is 0 Å². The number of cyclic esters (lactones) is 2. The van der Waals surface area contributed by atoms with Crippen molar-refractivity contribution in [2.45, 2.75) is 0 Å². The Kier molecular flexibility index (Phi) is 5.43. The van der Waals surface area contributed by atoms with E-state index in [2.05, 4.69) is 4.74 Å². The molecule has 1 heterocycles. The molecule has 1 aromatic carbocycles. The van der Waals surface area contributed by atoms with Gasteiger partial charge in [-0.05, 0) is 11.6 Å². The van der Waals surface area contributed by atoms with E-state index in [0.29, 0.717) is 11.6 Å². The van der Waals surface area contributed by atoms with Crippen LogP contribution < -0.4 is 29.6 Å². The molecule has 20 heavy (non-hydrogen) atoms. The van der Waals surface area contributed by atoms with Crippen LogP contribution in [0.3, 0.4) is 0 Å². The second kappa shape index (κ2) is 6.47. The van der Waals surface area contributed by atoms with Gasteiger partial charge in [0.25, 0.3) is 0 Å². The van der Waals surface area contributed by atoms with Crippen LogP contribution in [0.1, 0.15) is 5.56 Å². The van der Waals surface area contributed by atoms with Crippen LogP contribution in [0.25, 0.3) is 6.08 Å². The quantitative estimate of drug-likeness (QED) is 0.267. The van der Waals surface area contributed by atoms with Crippen LogP contribution in [0.5, 0.6) is 0 Å². The summed E-state index contributed by atoms with van der Waals surface area (Å²) < 4.78 is 37.7. The molecule has 0 unspecified atom stereocenters. The topological polar surface area (TPSA) is 101 Å². The van der Waals surface area contributed by atoms with Crippen molar-refractivity contribution >= 4 is 28.1 Å². The maximum atomic E-state index is 11.3. The molecular formula is C12H7NaO6S. The first-order valence-electron chi connectivity index (χ1n) is 5.09. The molecule has 0 fully saturated rings. The van der Waals surface area contributed by atoms with Gasteiger partial charge in [-0.15, -0.1) is 0 Å². The summed E-state index contributed by atoms with van der Waals surface area (Å²) in [5.41, 5.74) is -0.145. The first kappa shape index (κ1) is 16.8. The van der Waals surface area contributed by atoms with E-state index >= 15 is 0 Å². The zero-order chi connectivity index (χ0) is 14.0. The molecular weight excluding hydrogens is 295 g/mol. The van der Waals surface area contributed by atoms with Crippen molar-refractivity contribution in [2.75, 3.05) is 0 Å². The van der Waals surface area contributed by atoms with Crippen molar-refractivity contribution in [3.8, 4) is 0 Å². The Morgan fingerprint density at radius 2 is 1.75 bits per heavy atom. The average Bonchev–Trinajstić information content (AvgIpc) is 2.65. The summed E-state index contributed by atoms with van der Waals surface area (Å²) in [7, 11) is -4.91. The molecule has 0 radical (unpaired) electrons. The van der Waals surface area contributed by atoms with E-state index in [9.17, 15) is 22.6 Å². The van der Waals surface area contributed by atoms with Crippen molar-refractivity contribution in [2.24, 2.45) is 0 Å². The van der Waals surface area contributed by atoms with Crippen molar-refractivity contribution in [1.82, 2.24) is 0 Å². The number of hydrogen-bond acceptors (Lipinski definition) is 6. The fraction of sp³-hybridized carbons (Fsp3) is 0. The van der Waals surface area contributed by atoms with Gasteiger partial charge in [0, 0.05) is 6.08 Å². The zero-order valence-electron chi connectivity index (χ0n) is 10.4. The van der Waals surface area contributed by atoms with Gasteiger partial charge in [-0.3, -0.25) is 0 Å². The minimum Gasteiger partial charge on any atom is -0.744 e. The standard InChI is InChI=1S/C12H8O6S.Na/c13-11-7-9(12(14)18-11)10(19(15,16)17)6-8-4-2-1-3-5-8;/h1-7H,(H,15,16,17);/q;+1/p-1. The Hall–Kier alpha value is -1.25. The van der Waals surface area contributed by atoms with E-state index < -0.39 is 32.5 Å². The molecule has 1 aliphatic rings. The third kappa shape index (κ3) is 3.87. The van der Waals surface area contributed by atoms with E-state index in [1.54, 1.807) is 30.3 Å². The fourth-order valence-corrected chi connectivity index (χ4v) is 2.20. The summed E-state index contributed by atoms with van der Waals surface area (Å²) >= 11 is 0. The summed E-state index contributed by atoms with van der Waals surface area (Å²) in [4.78, 5) is 21.4. The smallest absolute Gasteiger partial charge is 0.744 e. The number of hydrogen-bond donors (Lipinski definition) is 0. The molecule has 0 amide bonds. The first-order valence-corrected chi connectivity index (χ1v) is 6.49. The van der Waals surface area contributed by atoms with Gasteiger partial charge in [-0.25, -0.2) is 18.0 Å². The Morgan fingerprint density at radius 3 is 2.20 bits per heavy atom. The van der Waals surface area contributed by atoms with Crippen LogP contribution >= 0.6 is 0 Å². The van der Waals surface area contributed by atoms with Crippen LogP contribution in [0.15, 0.2) is 46.9 Å². The van der Waals surface area contributed by atoms with Crippen LogP contribution in [-0.2, 0) is 24.4 Å². The normalized spacial score (nSPS) is 15.4. The maximum Gasteiger partial charge on any atom is 1.00 e. The summed E-state index contributed by atoms with van der Waals surface area (Å²) in [5, 5.41) is 0. The second-order valence-corrected chi connectivity index (χ2v) is 4.99. The third-order valence-corrected chi connectivity index (χ3v) is 3.18. The molecule has 0 N–H and O–H groups in total. The maximum absolute atomic E-state index is 11.3. The molecule has 0 spiro atoms. The first-order chi connectivity index (χ1) is 8.88. The SMILES string of the molecule is O=C1C=C(C(=Cc2ccccc2)S(=O)(=O)[O-])C(=O)O1.[Na+]. The molecule has 1 aliphatic heterocycles. The third-order valence-electron chi connectivity index (χ3n) is 2.31. The van der Waals surface area contributed by atoms with Gasteiger partial charge < -0.3 is 9.29 Å². The van der Waals surface area contributed by atoms with Gasteiger partial charge in [0.1, 0.15) is 10.1 Å². The molecule has 98 valence electrons. The van der Waals surface area contributed by atoms with Crippen molar-refractivity contribution in [3.63, 3.8) is 0 Å². The molecule has 8 heteroatoms. The van der Waals surface area contributed by atoms with Gasteiger partial charge in [0.2, 0.25) is 0 Å². The molecule has 0 aromatic heterocycles. The number of benzene rings is 1. The van der Waals surface area contributed by atoms with Crippen molar-refractivity contribution < 1.29 is 56.9 Å². The van der Waals surface area contributed by atoms with Gasteiger partial charge in [0.15, 0.2) is 0 Å². The van der Waals surface area contributed by atoms with E-state index in [4.69, 9.17) is 0 Å². The largest absolute Gasteiger partial charge is 1.00 e. The monoisotopic (exact) mass is 302 g/mol. The molecule has 2 rings (SSSR count). The summed E-state index contributed by atoms with van der Waals surface area (Å²) in [5.74, 6) is -2.14. The van der Waals surface area contributed by atoms with E-state index in [-0.39, 0.29) is 29.6 Å². The minimum absolute atomic E-state index is 0. The Morgan fingerprint density at radius 1 is 1.15 bits per heavy atom. The van der Waals surface area contributed by atoms with Gasteiger partial charge >= 0.3 is 41.5 Å². The van der Waals surface area contributed by atoms with E-state index in [1.165, 1.54) is 0 Å². The Balaban J connectivity index is 0.00000200. The number of carbonyl (C=O) groups excluding carboxylic acids is 2. The number of rotatable bonds is 3. The van der Waals surface area contributed by atoms with Crippen LogP contribution in [0.4, 0.5) is 0 Å². The predicted octanol–water partition coefficient (Wildman–Crippen LogP) is -2.41. The minimum atomic E-state index is -4.91. The van der Waals surface area contributed by atoms with Crippen LogP contribution in [-0.4, -0.2) is 24.9 Å². The van der Waals surface area contributed by atoms with Gasteiger partial charge in [-0.2, -0.15) is 0 Å². The Labute approximate surface area is 137 Å².